The van der Waals surface area contributed by atoms with Crippen LogP contribution >= 0.6 is 12.2 Å². The Morgan fingerprint density at radius 2 is 1.88 bits per heavy atom. The minimum atomic E-state index is -0.514. The SMILES string of the molecule is CC(C)NC(=S)NNC(=O)c1cnc2c(c1)c(=O)n(C)c(=O)n2C. The van der Waals surface area contributed by atoms with E-state index in [1.807, 2.05) is 13.8 Å². The van der Waals surface area contributed by atoms with Gasteiger partial charge in [-0.15, -0.1) is 0 Å². The van der Waals surface area contributed by atoms with Crippen molar-refractivity contribution < 1.29 is 4.79 Å². The number of aromatic nitrogens is 3. The number of carbonyl (C=O) groups excluding carboxylic acids is 1. The zero-order valence-electron chi connectivity index (χ0n) is 13.7. The van der Waals surface area contributed by atoms with Crippen molar-refractivity contribution in [1.82, 2.24) is 30.3 Å². The van der Waals surface area contributed by atoms with Crippen LogP contribution in [0.5, 0.6) is 0 Å². The van der Waals surface area contributed by atoms with E-state index in [0.717, 1.165) is 4.57 Å². The summed E-state index contributed by atoms with van der Waals surface area (Å²) in [7, 11) is 2.88. The van der Waals surface area contributed by atoms with Crippen molar-refractivity contribution in [3.05, 3.63) is 38.7 Å². The maximum Gasteiger partial charge on any atom is 0.332 e. The van der Waals surface area contributed by atoms with Crippen LogP contribution in [0, 0.1) is 0 Å². The fraction of sp³-hybridized carbons (Fsp3) is 0.357. The summed E-state index contributed by atoms with van der Waals surface area (Å²) < 4.78 is 2.21. The van der Waals surface area contributed by atoms with Crippen molar-refractivity contribution >= 4 is 34.3 Å². The molecule has 9 nitrogen and oxygen atoms in total. The molecule has 0 fully saturated rings. The standard InChI is InChI=1S/C14H18N6O3S/c1-7(2)16-13(24)18-17-11(21)8-5-9-10(15-6-8)19(3)14(23)20(4)12(9)22/h5-7H,1-4H3,(H,17,21)(H2,16,18,24). The molecule has 3 N–H and O–H groups in total. The number of aryl methyl sites for hydroxylation is 1. The van der Waals surface area contributed by atoms with Gasteiger partial charge < -0.3 is 5.32 Å². The van der Waals surface area contributed by atoms with Gasteiger partial charge in [0.15, 0.2) is 5.11 Å². The molecule has 0 bridgehead atoms. The maximum absolute atomic E-state index is 12.2. The predicted molar refractivity (Wildman–Crippen MR) is 93.7 cm³/mol. The Morgan fingerprint density at radius 1 is 1.21 bits per heavy atom. The molecule has 1 amide bonds. The Balaban J connectivity index is 2.31. The zero-order chi connectivity index (χ0) is 18.0. The van der Waals surface area contributed by atoms with Gasteiger partial charge in [-0.05, 0) is 32.1 Å². The average Bonchev–Trinajstić information content (AvgIpc) is 2.54. The van der Waals surface area contributed by atoms with E-state index in [9.17, 15) is 14.4 Å². The lowest BCUT2D eigenvalue weighted by atomic mass is 10.2. The van der Waals surface area contributed by atoms with Gasteiger partial charge in [-0.3, -0.25) is 29.6 Å². The number of hydrogen-bond acceptors (Lipinski definition) is 5. The average molecular weight is 350 g/mol. The fourth-order valence-corrected chi connectivity index (χ4v) is 2.36. The van der Waals surface area contributed by atoms with Crippen LogP contribution in [-0.2, 0) is 14.1 Å². The number of nitrogens with one attached hydrogen (secondary N) is 3. The van der Waals surface area contributed by atoms with Gasteiger partial charge in [-0.25, -0.2) is 9.78 Å². The molecule has 0 atom stereocenters. The first-order chi connectivity index (χ1) is 11.2. The highest BCUT2D eigenvalue weighted by Gasteiger charge is 2.13. The van der Waals surface area contributed by atoms with Crippen molar-refractivity contribution in [3.8, 4) is 0 Å². The van der Waals surface area contributed by atoms with Gasteiger partial charge in [-0.1, -0.05) is 0 Å². The van der Waals surface area contributed by atoms with Crippen molar-refractivity contribution in [1.29, 1.82) is 0 Å². The van der Waals surface area contributed by atoms with E-state index in [0.29, 0.717) is 0 Å². The minimum absolute atomic E-state index is 0.119. The molecule has 0 radical (unpaired) electrons. The summed E-state index contributed by atoms with van der Waals surface area (Å²) in [6.45, 7) is 3.81. The summed E-state index contributed by atoms with van der Waals surface area (Å²) >= 11 is 5.00. The van der Waals surface area contributed by atoms with Crippen molar-refractivity contribution in [2.75, 3.05) is 0 Å². The molecule has 2 heterocycles. The second kappa shape index (κ2) is 6.79. The topological polar surface area (TPSA) is 110 Å². The summed E-state index contributed by atoms with van der Waals surface area (Å²) in [5.41, 5.74) is 4.36. The first-order valence-corrected chi connectivity index (χ1v) is 7.55. The Morgan fingerprint density at radius 3 is 2.50 bits per heavy atom. The molecule has 0 unspecified atom stereocenters. The molecule has 2 aromatic rings. The molecule has 2 aromatic heterocycles. The highest BCUT2D eigenvalue weighted by atomic mass is 32.1. The number of nitrogens with zero attached hydrogens (tertiary/aromatic N) is 3. The maximum atomic E-state index is 12.2. The van der Waals surface area contributed by atoms with E-state index in [1.165, 1.54) is 30.9 Å². The lowest BCUT2D eigenvalue weighted by Crippen LogP contribution is -2.48. The van der Waals surface area contributed by atoms with E-state index < -0.39 is 17.2 Å². The van der Waals surface area contributed by atoms with Gasteiger partial charge in [0.05, 0.1) is 10.9 Å². The molecule has 0 saturated heterocycles. The Bertz CT molecular complexity index is 930. The minimum Gasteiger partial charge on any atom is -0.359 e. The van der Waals surface area contributed by atoms with Gasteiger partial charge in [0.25, 0.3) is 11.5 Å². The molecular formula is C14H18N6O3S. The molecule has 0 aliphatic heterocycles. The van der Waals surface area contributed by atoms with Crippen LogP contribution in [0.25, 0.3) is 11.0 Å². The number of rotatable bonds is 2. The van der Waals surface area contributed by atoms with Gasteiger partial charge in [0, 0.05) is 26.3 Å². The van der Waals surface area contributed by atoms with Crippen LogP contribution in [0.3, 0.4) is 0 Å². The highest BCUT2D eigenvalue weighted by molar-refractivity contribution is 7.80. The molecule has 0 saturated carbocycles. The zero-order valence-corrected chi connectivity index (χ0v) is 14.5. The molecule has 10 heteroatoms. The molecule has 0 aromatic carbocycles. The summed E-state index contributed by atoms with van der Waals surface area (Å²) in [5, 5.41) is 3.35. The number of pyridine rings is 1. The van der Waals surface area contributed by atoms with Crippen LogP contribution < -0.4 is 27.4 Å². The summed E-state index contributed by atoms with van der Waals surface area (Å²) in [6.07, 6.45) is 1.29. The van der Waals surface area contributed by atoms with Gasteiger partial charge in [0.1, 0.15) is 5.65 Å². The first kappa shape index (κ1) is 17.6. The molecule has 0 aliphatic rings. The van der Waals surface area contributed by atoms with Crippen LogP contribution in [0.1, 0.15) is 24.2 Å². The van der Waals surface area contributed by atoms with Crippen molar-refractivity contribution in [3.63, 3.8) is 0 Å². The third kappa shape index (κ3) is 3.43. The van der Waals surface area contributed by atoms with Crippen molar-refractivity contribution in [2.24, 2.45) is 14.1 Å². The number of hydrogen-bond donors (Lipinski definition) is 3. The fourth-order valence-electron chi connectivity index (χ4n) is 2.07. The molecule has 0 spiro atoms. The Kier molecular flexibility index (Phi) is 4.98. The number of carbonyl (C=O) groups is 1. The lowest BCUT2D eigenvalue weighted by Gasteiger charge is -2.14. The van der Waals surface area contributed by atoms with E-state index in [4.69, 9.17) is 12.2 Å². The van der Waals surface area contributed by atoms with Gasteiger partial charge in [-0.2, -0.15) is 0 Å². The molecule has 128 valence electrons. The second-order valence-electron chi connectivity index (χ2n) is 5.51. The Hall–Kier alpha value is -2.75. The lowest BCUT2D eigenvalue weighted by molar-refractivity contribution is 0.0943. The van der Waals surface area contributed by atoms with Gasteiger partial charge >= 0.3 is 5.69 Å². The van der Waals surface area contributed by atoms with E-state index in [1.54, 1.807) is 0 Å². The summed E-state index contributed by atoms with van der Waals surface area (Å²) in [6, 6.07) is 1.51. The third-order valence-electron chi connectivity index (χ3n) is 3.26. The number of thiocarbonyl (C=S) groups is 1. The molecule has 2 rings (SSSR count). The van der Waals surface area contributed by atoms with Crippen LogP contribution in [0.15, 0.2) is 21.9 Å². The van der Waals surface area contributed by atoms with Crippen molar-refractivity contribution in [2.45, 2.75) is 19.9 Å². The smallest absolute Gasteiger partial charge is 0.332 e. The van der Waals surface area contributed by atoms with E-state index in [-0.39, 0.29) is 27.8 Å². The first-order valence-electron chi connectivity index (χ1n) is 7.15. The molecular weight excluding hydrogens is 332 g/mol. The molecule has 0 aliphatic carbocycles. The quantitative estimate of drug-likeness (QED) is 0.478. The summed E-state index contributed by atoms with van der Waals surface area (Å²) in [4.78, 5) is 40.3. The Labute approximate surface area is 142 Å². The number of fused-ring (bicyclic) bond motifs is 1. The largest absolute Gasteiger partial charge is 0.359 e. The van der Waals surface area contributed by atoms with Crippen LogP contribution in [0.2, 0.25) is 0 Å². The predicted octanol–water partition coefficient (Wildman–Crippen LogP) is -0.850. The second-order valence-corrected chi connectivity index (χ2v) is 5.92. The van der Waals surface area contributed by atoms with Crippen LogP contribution in [-0.4, -0.2) is 31.2 Å². The van der Waals surface area contributed by atoms with Gasteiger partial charge in [0.2, 0.25) is 0 Å². The number of hydrazine groups is 1. The van der Waals surface area contributed by atoms with E-state index in [2.05, 4.69) is 21.2 Å². The number of amides is 1. The summed E-state index contributed by atoms with van der Waals surface area (Å²) in [5.74, 6) is -0.506. The normalized spacial score (nSPS) is 10.7. The monoisotopic (exact) mass is 350 g/mol. The third-order valence-corrected chi connectivity index (χ3v) is 3.48. The van der Waals surface area contributed by atoms with Crippen LogP contribution in [0.4, 0.5) is 0 Å². The van der Waals surface area contributed by atoms with E-state index >= 15 is 0 Å². The highest BCUT2D eigenvalue weighted by Crippen LogP contribution is 2.07. The molecule has 24 heavy (non-hydrogen) atoms.